The van der Waals surface area contributed by atoms with E-state index in [1.807, 2.05) is 0 Å². The Kier molecular flexibility index (Phi) is 10.4. The number of halogens is 4. The summed E-state index contributed by atoms with van der Waals surface area (Å²) in [4.78, 5) is 28.2. The monoisotopic (exact) mass is 607 g/mol. The van der Waals surface area contributed by atoms with Crippen molar-refractivity contribution in [1.29, 1.82) is 0 Å². The maximum Gasteiger partial charge on any atom is 0.244 e. The van der Waals surface area contributed by atoms with Crippen molar-refractivity contribution in [3.63, 3.8) is 0 Å². The van der Waals surface area contributed by atoms with Gasteiger partial charge in [-0.05, 0) is 55.7 Å². The second-order valence-corrected chi connectivity index (χ2v) is 12.7. The van der Waals surface area contributed by atoms with Gasteiger partial charge in [-0.15, -0.1) is 0 Å². The van der Waals surface area contributed by atoms with Crippen LogP contribution in [0.2, 0.25) is 20.1 Å². The molecule has 2 amide bonds. The maximum absolute atomic E-state index is 13.7. The van der Waals surface area contributed by atoms with E-state index >= 15 is 0 Å². The van der Waals surface area contributed by atoms with Gasteiger partial charge in [-0.25, -0.2) is 8.42 Å². The first-order valence-corrected chi connectivity index (χ1v) is 15.2. The van der Waals surface area contributed by atoms with Gasteiger partial charge < -0.3 is 10.2 Å². The Hall–Kier alpha value is -1.71. The standard InChI is InChI=1S/C25H29Cl4N3O4S/c1-16(25(34)30-20-6-4-3-5-7-20)31(14-17-8-9-18(26)12-21(17)28)24(33)15-32(37(2,35)36)23-11-10-19(27)13-22(23)29/h8-13,16,20H,3-7,14-15H2,1-2H3,(H,30,34)/t16-/m1/s1. The van der Waals surface area contributed by atoms with Crippen LogP contribution in [0.1, 0.15) is 44.6 Å². The fraction of sp³-hybridized carbons (Fsp3) is 0.440. The minimum Gasteiger partial charge on any atom is -0.352 e. The lowest BCUT2D eigenvalue weighted by atomic mass is 9.95. The van der Waals surface area contributed by atoms with Gasteiger partial charge in [0.1, 0.15) is 12.6 Å². The molecule has 1 saturated carbocycles. The summed E-state index contributed by atoms with van der Waals surface area (Å²) in [7, 11) is -3.92. The Morgan fingerprint density at radius 2 is 1.57 bits per heavy atom. The summed E-state index contributed by atoms with van der Waals surface area (Å²) in [5, 5.41) is 4.18. The molecule has 0 aliphatic heterocycles. The van der Waals surface area contributed by atoms with Gasteiger partial charge in [0.2, 0.25) is 21.8 Å². The number of nitrogens with one attached hydrogen (secondary N) is 1. The Morgan fingerprint density at radius 1 is 0.973 bits per heavy atom. The van der Waals surface area contributed by atoms with E-state index in [0.717, 1.165) is 42.7 Å². The molecule has 1 N–H and O–H groups in total. The number of sulfonamides is 1. The number of hydrogen-bond donors (Lipinski definition) is 1. The van der Waals surface area contributed by atoms with Crippen LogP contribution in [0, 0.1) is 0 Å². The second kappa shape index (κ2) is 12.9. The van der Waals surface area contributed by atoms with Gasteiger partial charge in [0, 0.05) is 27.7 Å². The number of rotatable bonds is 9. The lowest BCUT2D eigenvalue weighted by molar-refractivity contribution is -0.139. The minimum absolute atomic E-state index is 0.0277. The van der Waals surface area contributed by atoms with Crippen LogP contribution in [0.25, 0.3) is 0 Å². The van der Waals surface area contributed by atoms with Crippen LogP contribution in [0.5, 0.6) is 0 Å². The molecule has 37 heavy (non-hydrogen) atoms. The van der Waals surface area contributed by atoms with E-state index in [-0.39, 0.29) is 29.2 Å². The van der Waals surface area contributed by atoms with Crippen molar-refractivity contribution in [2.45, 2.75) is 57.7 Å². The Morgan fingerprint density at radius 3 is 2.14 bits per heavy atom. The van der Waals surface area contributed by atoms with E-state index in [4.69, 9.17) is 46.4 Å². The highest BCUT2D eigenvalue weighted by Crippen LogP contribution is 2.31. The third-order valence-corrected chi connectivity index (χ3v) is 8.58. The largest absolute Gasteiger partial charge is 0.352 e. The first kappa shape index (κ1) is 29.8. The third-order valence-electron chi connectivity index (χ3n) is 6.33. The van der Waals surface area contributed by atoms with Crippen LogP contribution in [-0.2, 0) is 26.2 Å². The van der Waals surface area contributed by atoms with Gasteiger partial charge >= 0.3 is 0 Å². The lowest BCUT2D eigenvalue weighted by Gasteiger charge is -2.33. The summed E-state index contributed by atoms with van der Waals surface area (Å²) in [6, 6.07) is 8.30. The van der Waals surface area contributed by atoms with Crippen LogP contribution in [-0.4, -0.2) is 50.0 Å². The van der Waals surface area contributed by atoms with Gasteiger partial charge in [-0.2, -0.15) is 0 Å². The van der Waals surface area contributed by atoms with Crippen LogP contribution < -0.4 is 9.62 Å². The molecule has 0 saturated heterocycles. The third kappa shape index (κ3) is 8.14. The fourth-order valence-electron chi connectivity index (χ4n) is 4.26. The average Bonchev–Trinajstić information content (AvgIpc) is 2.82. The van der Waals surface area contributed by atoms with E-state index in [0.29, 0.717) is 20.6 Å². The molecule has 202 valence electrons. The zero-order chi connectivity index (χ0) is 27.3. The fourth-order valence-corrected chi connectivity index (χ4v) is 6.15. The molecular formula is C25H29Cl4N3O4S. The van der Waals surface area contributed by atoms with Crippen molar-refractivity contribution in [2.75, 3.05) is 17.1 Å². The molecule has 0 unspecified atom stereocenters. The highest BCUT2D eigenvalue weighted by atomic mass is 35.5. The molecular weight excluding hydrogens is 580 g/mol. The number of carbonyl (C=O) groups excluding carboxylic acids is 2. The molecule has 0 aromatic heterocycles. The molecule has 1 aliphatic rings. The smallest absolute Gasteiger partial charge is 0.244 e. The molecule has 7 nitrogen and oxygen atoms in total. The predicted molar refractivity (Wildman–Crippen MR) is 150 cm³/mol. The van der Waals surface area contributed by atoms with Crippen molar-refractivity contribution in [2.24, 2.45) is 0 Å². The number of nitrogens with zero attached hydrogens (tertiary/aromatic N) is 2. The molecule has 0 heterocycles. The SMILES string of the molecule is C[C@H](C(=O)NC1CCCCC1)N(Cc1ccc(Cl)cc1Cl)C(=O)CN(c1ccc(Cl)cc1Cl)S(C)(=O)=O. The molecule has 0 spiro atoms. The number of carbonyl (C=O) groups is 2. The molecule has 1 atom stereocenters. The molecule has 1 fully saturated rings. The summed E-state index contributed by atoms with van der Waals surface area (Å²) in [6.45, 7) is 1.01. The zero-order valence-corrected chi connectivity index (χ0v) is 24.4. The Labute approximate surface area is 238 Å². The molecule has 0 radical (unpaired) electrons. The number of anilines is 1. The van der Waals surface area contributed by atoms with Crippen molar-refractivity contribution >= 4 is 73.9 Å². The average molecular weight is 609 g/mol. The quantitative estimate of drug-likeness (QED) is 0.382. The first-order chi connectivity index (χ1) is 17.4. The molecule has 12 heteroatoms. The van der Waals surface area contributed by atoms with Crippen molar-refractivity contribution < 1.29 is 18.0 Å². The molecule has 0 bridgehead atoms. The van der Waals surface area contributed by atoms with Crippen molar-refractivity contribution in [1.82, 2.24) is 10.2 Å². The minimum atomic E-state index is -3.92. The van der Waals surface area contributed by atoms with Gasteiger partial charge in [0.05, 0.1) is 17.0 Å². The van der Waals surface area contributed by atoms with E-state index in [1.54, 1.807) is 25.1 Å². The first-order valence-electron chi connectivity index (χ1n) is 11.8. The van der Waals surface area contributed by atoms with Crippen LogP contribution in [0.4, 0.5) is 5.69 Å². The number of hydrogen-bond acceptors (Lipinski definition) is 4. The van der Waals surface area contributed by atoms with Crippen molar-refractivity contribution in [3.05, 3.63) is 62.1 Å². The lowest BCUT2D eigenvalue weighted by Crippen LogP contribution is -2.53. The summed E-state index contributed by atoms with van der Waals surface area (Å²) in [5.74, 6) is -0.922. The van der Waals surface area contributed by atoms with Gasteiger partial charge in [-0.1, -0.05) is 71.7 Å². The number of amides is 2. The van der Waals surface area contributed by atoms with E-state index < -0.39 is 28.5 Å². The predicted octanol–water partition coefficient (Wildman–Crippen LogP) is 5.93. The number of benzene rings is 2. The topological polar surface area (TPSA) is 86.8 Å². The van der Waals surface area contributed by atoms with Crippen LogP contribution >= 0.6 is 46.4 Å². The summed E-state index contributed by atoms with van der Waals surface area (Å²) < 4.78 is 26.3. The molecule has 3 rings (SSSR count). The highest BCUT2D eigenvalue weighted by molar-refractivity contribution is 7.92. The summed E-state index contributed by atoms with van der Waals surface area (Å²) in [5.41, 5.74) is 0.665. The molecule has 1 aliphatic carbocycles. The van der Waals surface area contributed by atoms with Crippen molar-refractivity contribution in [3.8, 4) is 0 Å². The normalized spacial score (nSPS) is 15.2. The zero-order valence-electron chi connectivity index (χ0n) is 20.5. The molecule has 2 aromatic rings. The Balaban J connectivity index is 1.92. The van der Waals surface area contributed by atoms with Crippen LogP contribution in [0.15, 0.2) is 36.4 Å². The molecule has 2 aromatic carbocycles. The maximum atomic E-state index is 13.7. The van der Waals surface area contributed by atoms with E-state index in [9.17, 15) is 18.0 Å². The van der Waals surface area contributed by atoms with E-state index in [2.05, 4.69) is 5.32 Å². The van der Waals surface area contributed by atoms with Crippen LogP contribution in [0.3, 0.4) is 0 Å². The summed E-state index contributed by atoms with van der Waals surface area (Å²) >= 11 is 24.6. The van der Waals surface area contributed by atoms with Gasteiger partial charge in [0.25, 0.3) is 0 Å². The van der Waals surface area contributed by atoms with E-state index in [1.165, 1.54) is 23.1 Å². The van der Waals surface area contributed by atoms with Gasteiger partial charge in [-0.3, -0.25) is 13.9 Å². The second-order valence-electron chi connectivity index (χ2n) is 9.14. The summed E-state index contributed by atoms with van der Waals surface area (Å²) in [6.07, 6.45) is 5.95. The van der Waals surface area contributed by atoms with Gasteiger partial charge in [0.15, 0.2) is 0 Å². The Bertz CT molecular complexity index is 1250. The highest BCUT2D eigenvalue weighted by Gasteiger charge is 2.32.